The van der Waals surface area contributed by atoms with Gasteiger partial charge in [0.1, 0.15) is 6.33 Å². The molecule has 122 valence electrons. The number of ether oxygens (including phenoxy) is 1. The number of aromatic nitrogens is 2. The number of fused-ring (bicyclic) bond motifs is 1. The van der Waals surface area contributed by atoms with Crippen LogP contribution in [0.4, 0.5) is 0 Å². The molecule has 3 rings (SSSR count). The Hall–Kier alpha value is -2.95. The van der Waals surface area contributed by atoms with Crippen LogP contribution in [0, 0.1) is 0 Å². The van der Waals surface area contributed by atoms with E-state index in [2.05, 4.69) is 16.0 Å². The molecule has 0 aliphatic rings. The quantitative estimate of drug-likeness (QED) is 0.783. The first-order valence-corrected chi connectivity index (χ1v) is 7.82. The molecule has 24 heavy (non-hydrogen) atoms. The number of amides is 1. The number of nitrogens with two attached hydrogens (primary N) is 1. The van der Waals surface area contributed by atoms with Crippen LogP contribution in [-0.4, -0.2) is 22.0 Å². The van der Waals surface area contributed by atoms with Crippen LogP contribution in [0.2, 0.25) is 0 Å². The summed E-state index contributed by atoms with van der Waals surface area (Å²) in [7, 11) is 0. The monoisotopic (exact) mass is 321 g/mol. The van der Waals surface area contributed by atoms with Crippen molar-refractivity contribution in [2.24, 2.45) is 5.73 Å². The third kappa shape index (κ3) is 3.51. The summed E-state index contributed by atoms with van der Waals surface area (Å²) < 4.78 is 5.77. The van der Waals surface area contributed by atoms with Gasteiger partial charge in [0.05, 0.1) is 17.0 Å². The van der Waals surface area contributed by atoms with Crippen LogP contribution < -0.4 is 10.5 Å². The van der Waals surface area contributed by atoms with Crippen LogP contribution in [0.5, 0.6) is 5.88 Å². The highest BCUT2D eigenvalue weighted by molar-refractivity contribution is 5.92. The highest BCUT2D eigenvalue weighted by Gasteiger charge is 2.08. The Kier molecular flexibility index (Phi) is 4.42. The summed E-state index contributed by atoms with van der Waals surface area (Å²) in [5.74, 6) is 0.181. The fourth-order valence-electron chi connectivity index (χ4n) is 2.53. The minimum absolute atomic E-state index is 0.0492. The Morgan fingerprint density at radius 2 is 1.79 bits per heavy atom. The third-order valence-corrected chi connectivity index (χ3v) is 3.66. The van der Waals surface area contributed by atoms with Gasteiger partial charge in [0.25, 0.3) is 0 Å². The number of rotatable bonds is 5. The highest BCUT2D eigenvalue weighted by Crippen LogP contribution is 2.24. The summed E-state index contributed by atoms with van der Waals surface area (Å²) in [6.07, 6.45) is 2.31. The molecule has 0 bridgehead atoms. The van der Waals surface area contributed by atoms with Gasteiger partial charge in [0.15, 0.2) is 0 Å². The molecule has 3 aromatic rings. The molecule has 0 radical (unpaired) electrons. The number of benzene rings is 2. The van der Waals surface area contributed by atoms with Gasteiger partial charge in [-0.1, -0.05) is 18.2 Å². The van der Waals surface area contributed by atoms with Crippen LogP contribution in [0.25, 0.3) is 10.9 Å². The van der Waals surface area contributed by atoms with E-state index in [-0.39, 0.29) is 6.10 Å². The van der Waals surface area contributed by atoms with Gasteiger partial charge in [-0.25, -0.2) is 9.97 Å². The summed E-state index contributed by atoms with van der Waals surface area (Å²) in [4.78, 5) is 19.7. The molecule has 1 amide bonds. The zero-order chi connectivity index (χ0) is 17.1. The van der Waals surface area contributed by atoms with E-state index in [1.807, 2.05) is 38.1 Å². The van der Waals surface area contributed by atoms with Gasteiger partial charge >= 0.3 is 0 Å². The first-order chi connectivity index (χ1) is 11.5. The van der Waals surface area contributed by atoms with E-state index in [1.165, 1.54) is 6.33 Å². The van der Waals surface area contributed by atoms with Crippen LogP contribution in [0.3, 0.4) is 0 Å². The molecule has 2 aromatic carbocycles. The van der Waals surface area contributed by atoms with E-state index < -0.39 is 5.91 Å². The number of nitrogens with zero attached hydrogens (tertiary/aromatic N) is 2. The number of primary amides is 1. The van der Waals surface area contributed by atoms with Gasteiger partial charge in [-0.2, -0.15) is 0 Å². The van der Waals surface area contributed by atoms with Crippen LogP contribution in [0.15, 0.2) is 48.8 Å². The van der Waals surface area contributed by atoms with E-state index in [4.69, 9.17) is 10.5 Å². The number of carbonyl (C=O) groups excluding carboxylic acids is 1. The molecule has 0 saturated carbocycles. The number of hydrogen-bond acceptors (Lipinski definition) is 4. The maximum absolute atomic E-state index is 11.1. The first kappa shape index (κ1) is 15.9. The Morgan fingerprint density at radius 3 is 2.46 bits per heavy atom. The van der Waals surface area contributed by atoms with E-state index >= 15 is 0 Å². The molecule has 1 heterocycles. The summed E-state index contributed by atoms with van der Waals surface area (Å²) in [6.45, 7) is 3.94. The molecule has 5 heteroatoms. The lowest BCUT2D eigenvalue weighted by Gasteiger charge is -2.11. The molecule has 0 fully saturated rings. The van der Waals surface area contributed by atoms with Crippen molar-refractivity contribution < 1.29 is 9.53 Å². The van der Waals surface area contributed by atoms with Gasteiger partial charge in [-0.05, 0) is 55.7 Å². The van der Waals surface area contributed by atoms with E-state index in [1.54, 1.807) is 12.1 Å². The smallest absolute Gasteiger partial charge is 0.248 e. The topological polar surface area (TPSA) is 78.1 Å². The molecule has 2 N–H and O–H groups in total. The van der Waals surface area contributed by atoms with Crippen molar-refractivity contribution in [2.45, 2.75) is 26.4 Å². The Bertz CT molecular complexity index is 873. The van der Waals surface area contributed by atoms with Gasteiger partial charge in [-0.3, -0.25) is 4.79 Å². The highest BCUT2D eigenvalue weighted by atomic mass is 16.5. The lowest BCUT2D eigenvalue weighted by molar-refractivity contribution is 0.100. The van der Waals surface area contributed by atoms with Crippen molar-refractivity contribution in [3.8, 4) is 5.88 Å². The predicted molar refractivity (Wildman–Crippen MR) is 93.1 cm³/mol. The Labute approximate surface area is 140 Å². The minimum atomic E-state index is -0.417. The molecular formula is C19H19N3O2. The average Bonchev–Trinajstić information content (AvgIpc) is 2.55. The van der Waals surface area contributed by atoms with Crippen LogP contribution in [-0.2, 0) is 6.42 Å². The second-order valence-electron chi connectivity index (χ2n) is 5.93. The van der Waals surface area contributed by atoms with Gasteiger partial charge in [0.2, 0.25) is 11.8 Å². The van der Waals surface area contributed by atoms with E-state index in [0.29, 0.717) is 11.4 Å². The van der Waals surface area contributed by atoms with Crippen LogP contribution >= 0.6 is 0 Å². The first-order valence-electron chi connectivity index (χ1n) is 7.82. The third-order valence-electron chi connectivity index (χ3n) is 3.66. The molecule has 0 aliphatic heterocycles. The maximum Gasteiger partial charge on any atom is 0.248 e. The van der Waals surface area contributed by atoms with Crippen LogP contribution in [0.1, 0.15) is 35.3 Å². The lowest BCUT2D eigenvalue weighted by Crippen LogP contribution is -2.10. The van der Waals surface area contributed by atoms with Gasteiger partial charge in [0, 0.05) is 5.56 Å². The molecule has 1 aromatic heterocycles. The normalized spacial score (nSPS) is 11.0. The number of hydrogen-bond donors (Lipinski definition) is 1. The number of carbonyl (C=O) groups is 1. The van der Waals surface area contributed by atoms with Crippen molar-refractivity contribution in [2.75, 3.05) is 0 Å². The molecule has 0 saturated heterocycles. The molecule has 5 nitrogen and oxygen atoms in total. The fraction of sp³-hybridized carbons (Fsp3) is 0.211. The van der Waals surface area contributed by atoms with E-state index in [0.717, 1.165) is 28.5 Å². The second kappa shape index (κ2) is 6.66. The Balaban J connectivity index is 1.91. The summed E-state index contributed by atoms with van der Waals surface area (Å²) >= 11 is 0. The largest absolute Gasteiger partial charge is 0.474 e. The van der Waals surface area contributed by atoms with Gasteiger partial charge < -0.3 is 10.5 Å². The lowest BCUT2D eigenvalue weighted by atomic mass is 10.0. The second-order valence-corrected chi connectivity index (χ2v) is 5.93. The maximum atomic E-state index is 11.1. The average molecular weight is 321 g/mol. The molecule has 0 unspecified atom stereocenters. The predicted octanol–water partition coefficient (Wildman–Crippen LogP) is 3.11. The van der Waals surface area contributed by atoms with Crippen molar-refractivity contribution in [1.82, 2.24) is 9.97 Å². The molecular weight excluding hydrogens is 302 g/mol. The summed E-state index contributed by atoms with van der Waals surface area (Å²) in [5, 5.41) is 0.900. The molecule has 0 aliphatic carbocycles. The van der Waals surface area contributed by atoms with Crippen molar-refractivity contribution in [1.29, 1.82) is 0 Å². The van der Waals surface area contributed by atoms with Gasteiger partial charge in [-0.15, -0.1) is 0 Å². The minimum Gasteiger partial charge on any atom is -0.474 e. The Morgan fingerprint density at radius 1 is 1.08 bits per heavy atom. The van der Waals surface area contributed by atoms with Crippen molar-refractivity contribution in [3.63, 3.8) is 0 Å². The SMILES string of the molecule is CC(C)Oc1ncnc2ccc(Cc3ccc(C(N)=O)cc3)cc12. The zero-order valence-electron chi connectivity index (χ0n) is 13.7. The standard InChI is InChI=1S/C19H19N3O2/c1-12(2)24-19-16-10-14(5-8-17(16)21-11-22-19)9-13-3-6-15(7-4-13)18(20)23/h3-8,10-12H,9H2,1-2H3,(H2,20,23). The molecule has 0 spiro atoms. The summed E-state index contributed by atoms with van der Waals surface area (Å²) in [6, 6.07) is 13.4. The van der Waals surface area contributed by atoms with Crippen molar-refractivity contribution in [3.05, 3.63) is 65.5 Å². The fourth-order valence-corrected chi connectivity index (χ4v) is 2.53. The zero-order valence-corrected chi connectivity index (χ0v) is 13.7. The van der Waals surface area contributed by atoms with Crippen molar-refractivity contribution >= 4 is 16.8 Å². The summed E-state index contributed by atoms with van der Waals surface area (Å²) in [5.41, 5.74) is 8.86. The van der Waals surface area contributed by atoms with E-state index in [9.17, 15) is 4.79 Å². The molecule has 0 atom stereocenters.